The van der Waals surface area contributed by atoms with Gasteiger partial charge in [-0.05, 0) is 37.5 Å². The van der Waals surface area contributed by atoms with E-state index in [-0.39, 0.29) is 28.7 Å². The Balaban J connectivity index is 1.54. The summed E-state index contributed by atoms with van der Waals surface area (Å²) in [4.78, 5) is 23.7. The smallest absolute Gasteiger partial charge is 0.228 e. The molecule has 0 saturated heterocycles. The van der Waals surface area contributed by atoms with E-state index in [4.69, 9.17) is 11.6 Å². The molecule has 4 nitrogen and oxygen atoms in total. The molecule has 20 heavy (non-hydrogen) atoms. The fourth-order valence-electron chi connectivity index (χ4n) is 2.12. The highest BCUT2D eigenvalue weighted by molar-refractivity contribution is 6.31. The number of hydrogen-bond donors (Lipinski definition) is 2. The van der Waals surface area contributed by atoms with Gasteiger partial charge in [0.05, 0.1) is 16.9 Å². The summed E-state index contributed by atoms with van der Waals surface area (Å²) < 4.78 is 13.0. The fraction of sp³-hybridized carbons (Fsp3) is 0.429. The van der Waals surface area contributed by atoms with E-state index >= 15 is 0 Å². The molecule has 0 radical (unpaired) electrons. The van der Waals surface area contributed by atoms with Crippen LogP contribution in [0.3, 0.4) is 0 Å². The zero-order chi connectivity index (χ0) is 14.3. The molecule has 2 aliphatic rings. The van der Waals surface area contributed by atoms with Crippen molar-refractivity contribution in [2.24, 2.45) is 11.8 Å². The Morgan fingerprint density at radius 3 is 2.55 bits per heavy atom. The van der Waals surface area contributed by atoms with Crippen LogP contribution in [0.4, 0.5) is 10.1 Å². The lowest BCUT2D eigenvalue weighted by Crippen LogP contribution is -2.29. The molecule has 1 aromatic carbocycles. The van der Waals surface area contributed by atoms with E-state index < -0.39 is 5.82 Å². The molecule has 2 fully saturated rings. The molecule has 2 amide bonds. The SMILES string of the molecule is O=C(Nc1ccc(F)c(Cl)c1)C1CC1C(=O)NC1CC1. The lowest BCUT2D eigenvalue weighted by Gasteiger charge is -2.06. The van der Waals surface area contributed by atoms with Crippen LogP contribution in [0.25, 0.3) is 0 Å². The minimum absolute atomic E-state index is 0.0372. The third-order valence-electron chi connectivity index (χ3n) is 3.57. The van der Waals surface area contributed by atoms with Gasteiger partial charge in [0.1, 0.15) is 5.82 Å². The van der Waals surface area contributed by atoms with Crippen LogP contribution in [0.15, 0.2) is 18.2 Å². The summed E-state index contributed by atoms with van der Waals surface area (Å²) in [6, 6.07) is 4.31. The highest BCUT2D eigenvalue weighted by Gasteiger charge is 2.48. The molecular formula is C14H14ClFN2O2. The topological polar surface area (TPSA) is 58.2 Å². The van der Waals surface area contributed by atoms with Gasteiger partial charge in [0.25, 0.3) is 0 Å². The van der Waals surface area contributed by atoms with E-state index in [9.17, 15) is 14.0 Å². The normalized spacial score (nSPS) is 24.1. The largest absolute Gasteiger partial charge is 0.353 e. The van der Waals surface area contributed by atoms with Crippen molar-refractivity contribution in [2.45, 2.75) is 25.3 Å². The highest BCUT2D eigenvalue weighted by atomic mass is 35.5. The first-order valence-electron chi connectivity index (χ1n) is 6.61. The number of benzene rings is 1. The van der Waals surface area contributed by atoms with Gasteiger partial charge in [0.15, 0.2) is 0 Å². The van der Waals surface area contributed by atoms with Crippen molar-refractivity contribution in [3.05, 3.63) is 29.0 Å². The van der Waals surface area contributed by atoms with Gasteiger partial charge in [-0.15, -0.1) is 0 Å². The van der Waals surface area contributed by atoms with Crippen LogP contribution >= 0.6 is 11.6 Å². The molecule has 2 atom stereocenters. The number of carbonyl (C=O) groups is 2. The van der Waals surface area contributed by atoms with Crippen LogP contribution in [0, 0.1) is 17.7 Å². The van der Waals surface area contributed by atoms with Crippen LogP contribution in [0.2, 0.25) is 5.02 Å². The number of hydrogen-bond acceptors (Lipinski definition) is 2. The number of halogens is 2. The average Bonchev–Trinajstić information content (AvgIpc) is 3.24. The minimum Gasteiger partial charge on any atom is -0.353 e. The van der Waals surface area contributed by atoms with Gasteiger partial charge < -0.3 is 10.6 Å². The zero-order valence-electron chi connectivity index (χ0n) is 10.7. The summed E-state index contributed by atoms with van der Waals surface area (Å²) in [5.74, 6) is -1.31. The third-order valence-corrected chi connectivity index (χ3v) is 3.86. The second kappa shape index (κ2) is 5.05. The van der Waals surface area contributed by atoms with Gasteiger partial charge >= 0.3 is 0 Å². The molecule has 0 heterocycles. The van der Waals surface area contributed by atoms with Gasteiger partial charge in [0, 0.05) is 11.7 Å². The van der Waals surface area contributed by atoms with Crippen molar-refractivity contribution in [3.63, 3.8) is 0 Å². The number of rotatable bonds is 4. The van der Waals surface area contributed by atoms with Crippen LogP contribution in [0.1, 0.15) is 19.3 Å². The van der Waals surface area contributed by atoms with E-state index in [1.807, 2.05) is 0 Å². The summed E-state index contributed by atoms with van der Waals surface area (Å²) in [7, 11) is 0. The Morgan fingerprint density at radius 1 is 1.20 bits per heavy atom. The molecule has 0 aromatic heterocycles. The van der Waals surface area contributed by atoms with Crippen LogP contribution in [-0.2, 0) is 9.59 Å². The Kier molecular flexibility index (Phi) is 3.38. The lowest BCUT2D eigenvalue weighted by atomic mass is 10.2. The molecule has 3 rings (SSSR count). The van der Waals surface area contributed by atoms with E-state index in [2.05, 4.69) is 10.6 Å². The fourth-order valence-corrected chi connectivity index (χ4v) is 2.30. The van der Waals surface area contributed by atoms with Crippen LogP contribution in [-0.4, -0.2) is 17.9 Å². The van der Waals surface area contributed by atoms with Crippen molar-refractivity contribution in [1.82, 2.24) is 5.32 Å². The van der Waals surface area contributed by atoms with Crippen molar-refractivity contribution in [3.8, 4) is 0 Å². The van der Waals surface area contributed by atoms with Gasteiger partial charge in [-0.2, -0.15) is 0 Å². The molecule has 2 unspecified atom stereocenters. The molecule has 2 N–H and O–H groups in total. The van der Waals surface area contributed by atoms with Crippen molar-refractivity contribution < 1.29 is 14.0 Å². The Hall–Kier alpha value is -1.62. The predicted molar refractivity (Wildman–Crippen MR) is 72.8 cm³/mol. The van der Waals surface area contributed by atoms with E-state index in [0.717, 1.165) is 12.8 Å². The highest BCUT2D eigenvalue weighted by Crippen LogP contribution is 2.40. The maximum absolute atomic E-state index is 13.0. The number of amides is 2. The number of nitrogens with one attached hydrogen (secondary N) is 2. The first-order chi connectivity index (χ1) is 9.54. The monoisotopic (exact) mass is 296 g/mol. The lowest BCUT2D eigenvalue weighted by molar-refractivity contribution is -0.125. The summed E-state index contributed by atoms with van der Waals surface area (Å²) >= 11 is 5.65. The molecule has 0 aliphatic heterocycles. The Labute approximate surface area is 120 Å². The van der Waals surface area contributed by atoms with E-state index in [0.29, 0.717) is 18.2 Å². The molecule has 0 bridgehead atoms. The summed E-state index contributed by atoms with van der Waals surface area (Å²) in [5.41, 5.74) is 0.439. The molecule has 106 valence electrons. The van der Waals surface area contributed by atoms with Gasteiger partial charge in [0.2, 0.25) is 11.8 Å². The Morgan fingerprint density at radius 2 is 1.90 bits per heavy atom. The van der Waals surface area contributed by atoms with Crippen molar-refractivity contribution in [1.29, 1.82) is 0 Å². The minimum atomic E-state index is -0.530. The third kappa shape index (κ3) is 2.93. The van der Waals surface area contributed by atoms with E-state index in [1.165, 1.54) is 18.2 Å². The quantitative estimate of drug-likeness (QED) is 0.896. The summed E-state index contributed by atoms with van der Waals surface area (Å²) in [6.45, 7) is 0. The van der Waals surface area contributed by atoms with Crippen LogP contribution in [0.5, 0.6) is 0 Å². The zero-order valence-corrected chi connectivity index (χ0v) is 11.4. The summed E-state index contributed by atoms with van der Waals surface area (Å²) in [5, 5.41) is 5.51. The molecule has 6 heteroatoms. The van der Waals surface area contributed by atoms with Gasteiger partial charge in [-0.1, -0.05) is 11.6 Å². The molecule has 2 saturated carbocycles. The maximum atomic E-state index is 13.0. The molecule has 1 aromatic rings. The average molecular weight is 297 g/mol. The first-order valence-corrected chi connectivity index (χ1v) is 6.98. The van der Waals surface area contributed by atoms with Gasteiger partial charge in [-0.25, -0.2) is 4.39 Å². The molecule has 2 aliphatic carbocycles. The van der Waals surface area contributed by atoms with Crippen LogP contribution < -0.4 is 10.6 Å². The predicted octanol–water partition coefficient (Wildman–Crippen LogP) is 2.33. The molecular weight excluding hydrogens is 283 g/mol. The standard InChI is InChI=1S/C14H14ClFN2O2/c15-11-5-8(3-4-12(11)16)18-14(20)10-6-9(10)13(19)17-7-1-2-7/h3-5,7,9-10H,1-2,6H2,(H,17,19)(H,18,20). The van der Waals surface area contributed by atoms with Gasteiger partial charge in [-0.3, -0.25) is 9.59 Å². The summed E-state index contributed by atoms with van der Waals surface area (Å²) in [6.07, 6.45) is 2.63. The number of anilines is 1. The number of carbonyl (C=O) groups excluding carboxylic acids is 2. The second-order valence-electron chi connectivity index (χ2n) is 5.35. The van der Waals surface area contributed by atoms with Crippen molar-refractivity contribution in [2.75, 3.05) is 5.32 Å². The van der Waals surface area contributed by atoms with Crippen molar-refractivity contribution >= 4 is 29.1 Å². The first kappa shape index (κ1) is 13.4. The Bertz CT molecular complexity index is 574. The second-order valence-corrected chi connectivity index (χ2v) is 5.76. The van der Waals surface area contributed by atoms with E-state index in [1.54, 1.807) is 0 Å². The molecule has 0 spiro atoms. The maximum Gasteiger partial charge on any atom is 0.228 e.